The minimum absolute atomic E-state index is 0.0857. The van der Waals surface area contributed by atoms with Crippen molar-refractivity contribution >= 4 is 16.8 Å². The van der Waals surface area contributed by atoms with Crippen molar-refractivity contribution < 1.29 is 0 Å². The van der Waals surface area contributed by atoms with Crippen molar-refractivity contribution in [1.82, 2.24) is 0 Å². The van der Waals surface area contributed by atoms with Gasteiger partial charge in [-0.05, 0) is 34.7 Å². The van der Waals surface area contributed by atoms with Crippen molar-refractivity contribution in [2.75, 3.05) is 0 Å². The number of aryl methyl sites for hydroxylation is 1. The Balaban J connectivity index is 2.31. The molecule has 2 rings (SSSR count). The Morgan fingerprint density at radius 2 is 1.67 bits per heavy atom. The van der Waals surface area contributed by atoms with E-state index in [2.05, 4.69) is 95.3 Å². The van der Waals surface area contributed by atoms with Gasteiger partial charge in [-0.15, -0.1) is 0 Å². The summed E-state index contributed by atoms with van der Waals surface area (Å²) in [6.07, 6.45) is 9.12. The van der Waals surface area contributed by atoms with E-state index in [-0.39, 0.29) is 5.41 Å². The monoisotopic (exact) mass is 278 g/mol. The lowest BCUT2D eigenvalue weighted by Gasteiger charge is -2.16. The summed E-state index contributed by atoms with van der Waals surface area (Å²) in [6.45, 7) is 11.1. The van der Waals surface area contributed by atoms with Gasteiger partial charge >= 0.3 is 0 Å². The van der Waals surface area contributed by atoms with Crippen LogP contribution in [0.1, 0.15) is 38.8 Å². The quantitative estimate of drug-likeness (QED) is 0.568. The van der Waals surface area contributed by atoms with E-state index in [9.17, 15) is 0 Å². The van der Waals surface area contributed by atoms with Crippen LogP contribution in [0.3, 0.4) is 0 Å². The molecule has 0 aromatic heterocycles. The Morgan fingerprint density at radius 3 is 2.38 bits per heavy atom. The van der Waals surface area contributed by atoms with Crippen LogP contribution in [0.25, 0.3) is 16.8 Å². The Labute approximate surface area is 129 Å². The zero-order chi connectivity index (χ0) is 15.5. The number of benzene rings is 2. The van der Waals surface area contributed by atoms with Crippen LogP contribution >= 0.6 is 0 Å². The second-order valence-corrected chi connectivity index (χ2v) is 6.76. The highest BCUT2D eigenvalue weighted by molar-refractivity contribution is 5.88. The van der Waals surface area contributed by atoms with Gasteiger partial charge in [-0.2, -0.15) is 0 Å². The van der Waals surface area contributed by atoms with Crippen molar-refractivity contribution in [3.05, 3.63) is 65.8 Å². The fraction of sp³-hybridized carbons (Fsp3) is 0.333. The maximum absolute atomic E-state index is 2.30. The lowest BCUT2D eigenvalue weighted by atomic mass is 9.89. The molecule has 0 nitrogen and oxygen atoms in total. The van der Waals surface area contributed by atoms with Crippen molar-refractivity contribution in [3.63, 3.8) is 0 Å². The van der Waals surface area contributed by atoms with Gasteiger partial charge in [-0.25, -0.2) is 0 Å². The zero-order valence-electron chi connectivity index (χ0n) is 13.9. The molecule has 0 radical (unpaired) electrons. The van der Waals surface area contributed by atoms with Crippen LogP contribution in [-0.2, 0) is 0 Å². The third-order valence-electron chi connectivity index (χ3n) is 3.84. The van der Waals surface area contributed by atoms with E-state index in [1.54, 1.807) is 0 Å². The van der Waals surface area contributed by atoms with Gasteiger partial charge in [-0.1, -0.05) is 88.4 Å². The molecule has 0 N–H and O–H groups in total. The van der Waals surface area contributed by atoms with E-state index in [0.717, 1.165) is 0 Å². The van der Waals surface area contributed by atoms with E-state index in [1.807, 2.05) is 0 Å². The molecule has 0 bridgehead atoms. The molecule has 0 heterocycles. The first-order valence-electron chi connectivity index (χ1n) is 7.76. The highest BCUT2D eigenvalue weighted by Gasteiger charge is 2.09. The molecular weight excluding hydrogens is 252 g/mol. The first kappa shape index (κ1) is 15.6. The van der Waals surface area contributed by atoms with Gasteiger partial charge in [0.25, 0.3) is 0 Å². The van der Waals surface area contributed by atoms with Crippen molar-refractivity contribution in [2.45, 2.75) is 34.6 Å². The van der Waals surface area contributed by atoms with Gasteiger partial charge in [0.05, 0.1) is 0 Å². The molecule has 0 heteroatoms. The standard InChI is InChI=1S/C21H26/c1-16(2)12-14-21(4,5)15-13-18-10-11-19-8-6-7-9-20(19)17(18)3/h6-16H,1-5H3/b14-12-,15-13-. The molecule has 2 aromatic carbocycles. The Kier molecular flexibility index (Phi) is 4.67. The third-order valence-corrected chi connectivity index (χ3v) is 3.84. The molecule has 0 fully saturated rings. The number of rotatable bonds is 4. The summed E-state index contributed by atoms with van der Waals surface area (Å²) < 4.78 is 0. The fourth-order valence-corrected chi connectivity index (χ4v) is 2.43. The summed E-state index contributed by atoms with van der Waals surface area (Å²) in [4.78, 5) is 0. The van der Waals surface area contributed by atoms with Crippen LogP contribution in [0.5, 0.6) is 0 Å². The van der Waals surface area contributed by atoms with Gasteiger partial charge in [-0.3, -0.25) is 0 Å². The van der Waals surface area contributed by atoms with E-state index >= 15 is 0 Å². The molecule has 0 spiro atoms. The van der Waals surface area contributed by atoms with E-state index in [4.69, 9.17) is 0 Å². The Hall–Kier alpha value is -1.82. The smallest absolute Gasteiger partial charge is 0.000783 e. The SMILES string of the molecule is Cc1c(/C=C\C(C)(C)/C=C\C(C)C)ccc2ccccc12. The lowest BCUT2D eigenvalue weighted by Crippen LogP contribution is -2.02. The topological polar surface area (TPSA) is 0 Å². The van der Waals surface area contributed by atoms with Gasteiger partial charge in [0, 0.05) is 5.41 Å². The van der Waals surface area contributed by atoms with Crippen LogP contribution in [0.4, 0.5) is 0 Å². The molecule has 2 aromatic rings. The molecule has 0 aliphatic rings. The van der Waals surface area contributed by atoms with Gasteiger partial charge in [0.15, 0.2) is 0 Å². The number of allylic oxidation sites excluding steroid dienone is 3. The highest BCUT2D eigenvalue weighted by Crippen LogP contribution is 2.26. The average molecular weight is 278 g/mol. The molecule has 0 aliphatic carbocycles. The molecule has 0 amide bonds. The van der Waals surface area contributed by atoms with Crippen molar-refractivity contribution in [1.29, 1.82) is 0 Å². The number of hydrogen-bond donors (Lipinski definition) is 0. The second kappa shape index (κ2) is 6.30. The minimum atomic E-state index is 0.0857. The lowest BCUT2D eigenvalue weighted by molar-refractivity contribution is 0.620. The van der Waals surface area contributed by atoms with E-state index in [0.29, 0.717) is 5.92 Å². The molecule has 0 saturated carbocycles. The van der Waals surface area contributed by atoms with Gasteiger partial charge in [0.1, 0.15) is 0 Å². The van der Waals surface area contributed by atoms with Crippen LogP contribution in [-0.4, -0.2) is 0 Å². The number of hydrogen-bond acceptors (Lipinski definition) is 0. The largest absolute Gasteiger partial charge is 0.0851 e. The van der Waals surface area contributed by atoms with E-state index in [1.165, 1.54) is 21.9 Å². The second-order valence-electron chi connectivity index (χ2n) is 6.76. The zero-order valence-corrected chi connectivity index (χ0v) is 13.9. The van der Waals surface area contributed by atoms with Crippen molar-refractivity contribution in [3.8, 4) is 0 Å². The van der Waals surface area contributed by atoms with E-state index < -0.39 is 0 Å². The fourth-order valence-electron chi connectivity index (χ4n) is 2.43. The highest BCUT2D eigenvalue weighted by atomic mass is 14.1. The first-order chi connectivity index (χ1) is 9.89. The predicted octanol–water partition coefficient (Wildman–Crippen LogP) is 6.40. The normalized spacial score (nSPS) is 13.0. The summed E-state index contributed by atoms with van der Waals surface area (Å²) in [5, 5.41) is 2.65. The Bertz CT molecular complexity index is 669. The first-order valence-corrected chi connectivity index (χ1v) is 7.76. The summed E-state index contributed by atoms with van der Waals surface area (Å²) in [7, 11) is 0. The third kappa shape index (κ3) is 4.07. The maximum Gasteiger partial charge on any atom is 0.000783 e. The predicted molar refractivity (Wildman–Crippen MR) is 95.5 cm³/mol. The molecule has 0 saturated heterocycles. The number of fused-ring (bicyclic) bond motifs is 1. The van der Waals surface area contributed by atoms with Crippen LogP contribution in [0, 0.1) is 18.3 Å². The summed E-state index contributed by atoms with van der Waals surface area (Å²) >= 11 is 0. The summed E-state index contributed by atoms with van der Waals surface area (Å²) in [5.41, 5.74) is 2.75. The Morgan fingerprint density at radius 1 is 0.952 bits per heavy atom. The van der Waals surface area contributed by atoms with Crippen LogP contribution in [0.15, 0.2) is 54.6 Å². The maximum atomic E-state index is 2.30. The van der Waals surface area contributed by atoms with Gasteiger partial charge < -0.3 is 0 Å². The molecular formula is C21H26. The molecule has 21 heavy (non-hydrogen) atoms. The van der Waals surface area contributed by atoms with Crippen molar-refractivity contribution in [2.24, 2.45) is 11.3 Å². The molecule has 0 aliphatic heterocycles. The molecule has 110 valence electrons. The molecule has 0 atom stereocenters. The summed E-state index contributed by atoms with van der Waals surface area (Å²) in [5.74, 6) is 0.597. The van der Waals surface area contributed by atoms with Crippen LogP contribution < -0.4 is 0 Å². The van der Waals surface area contributed by atoms with Gasteiger partial charge in [0.2, 0.25) is 0 Å². The average Bonchev–Trinajstić information content (AvgIpc) is 2.45. The van der Waals surface area contributed by atoms with Crippen LogP contribution in [0.2, 0.25) is 0 Å². The molecule has 0 unspecified atom stereocenters. The summed E-state index contributed by atoms with van der Waals surface area (Å²) in [6, 6.07) is 13.0. The minimum Gasteiger partial charge on any atom is -0.0851 e.